The van der Waals surface area contributed by atoms with Gasteiger partial charge in [-0.1, -0.05) is 41.2 Å². The second-order valence-electron chi connectivity index (χ2n) is 8.23. The van der Waals surface area contributed by atoms with E-state index in [0.29, 0.717) is 13.0 Å². The first-order chi connectivity index (χ1) is 14.9. The van der Waals surface area contributed by atoms with Crippen molar-refractivity contribution in [1.82, 2.24) is 14.5 Å². The highest BCUT2D eigenvalue weighted by molar-refractivity contribution is 7.22. The number of hydrogen-bond acceptors (Lipinski definition) is 4. The zero-order valence-corrected chi connectivity index (χ0v) is 19.4. The minimum absolute atomic E-state index is 0.0889. The van der Waals surface area contributed by atoms with E-state index in [1.54, 1.807) is 17.5 Å². The van der Waals surface area contributed by atoms with Crippen LogP contribution in [0.2, 0.25) is 0 Å². The van der Waals surface area contributed by atoms with Crippen LogP contribution in [-0.2, 0) is 17.8 Å². The van der Waals surface area contributed by atoms with Gasteiger partial charge in [0.05, 0.1) is 23.0 Å². The van der Waals surface area contributed by atoms with E-state index in [0.717, 1.165) is 45.0 Å². The first-order valence-corrected chi connectivity index (χ1v) is 11.4. The van der Waals surface area contributed by atoms with Crippen LogP contribution in [0, 0.1) is 27.7 Å². The number of anilines is 1. The summed E-state index contributed by atoms with van der Waals surface area (Å²) in [7, 11) is 0. The van der Waals surface area contributed by atoms with Gasteiger partial charge in [0.25, 0.3) is 0 Å². The largest absolute Gasteiger partial charge is 0.337 e. The molecule has 0 unspecified atom stereocenters. The molecule has 0 N–H and O–H groups in total. The van der Waals surface area contributed by atoms with Crippen LogP contribution in [0.5, 0.6) is 0 Å². The summed E-state index contributed by atoms with van der Waals surface area (Å²) in [6, 6.07) is 10.6. The van der Waals surface area contributed by atoms with Crippen LogP contribution < -0.4 is 4.90 Å². The highest BCUT2D eigenvalue weighted by Crippen LogP contribution is 2.32. The van der Waals surface area contributed by atoms with Crippen LogP contribution in [-0.4, -0.2) is 27.0 Å². The average Bonchev–Trinajstić information content (AvgIpc) is 3.37. The van der Waals surface area contributed by atoms with E-state index in [1.165, 1.54) is 11.1 Å². The molecule has 0 atom stereocenters. The first-order valence-electron chi connectivity index (χ1n) is 10.6. The number of hydrogen-bond donors (Lipinski definition) is 0. The van der Waals surface area contributed by atoms with Crippen LogP contribution in [0.4, 0.5) is 5.13 Å². The van der Waals surface area contributed by atoms with Crippen molar-refractivity contribution in [3.63, 3.8) is 0 Å². The molecule has 0 saturated heterocycles. The maximum Gasteiger partial charge on any atom is 0.233 e. The fraction of sp³-hybridized carbons (Fsp3) is 0.320. The second-order valence-corrected chi connectivity index (χ2v) is 9.24. The molecule has 160 valence electrons. The minimum atomic E-state index is 0.0889. The van der Waals surface area contributed by atoms with Crippen LogP contribution >= 0.6 is 11.3 Å². The fourth-order valence-corrected chi connectivity index (χ4v) is 5.12. The summed E-state index contributed by atoms with van der Waals surface area (Å²) in [5.74, 6) is 0.0889. The number of amides is 1. The molecule has 4 rings (SSSR count). The Balaban J connectivity index is 1.61. The van der Waals surface area contributed by atoms with Crippen LogP contribution in [0.25, 0.3) is 10.2 Å². The number of imidazole rings is 1. The molecule has 0 saturated carbocycles. The van der Waals surface area contributed by atoms with Gasteiger partial charge in [0.1, 0.15) is 0 Å². The van der Waals surface area contributed by atoms with Gasteiger partial charge in [-0.05, 0) is 62.4 Å². The van der Waals surface area contributed by atoms with E-state index in [4.69, 9.17) is 4.98 Å². The summed E-state index contributed by atoms with van der Waals surface area (Å²) < 4.78 is 3.17. The molecule has 31 heavy (non-hydrogen) atoms. The lowest BCUT2D eigenvalue weighted by atomic mass is 10.0. The predicted octanol–water partition coefficient (Wildman–Crippen LogP) is 5.39. The molecule has 4 aromatic rings. The summed E-state index contributed by atoms with van der Waals surface area (Å²) >= 11 is 1.60. The molecule has 2 heterocycles. The van der Waals surface area contributed by atoms with Crippen molar-refractivity contribution in [2.24, 2.45) is 0 Å². The number of fused-ring (bicyclic) bond motifs is 1. The van der Waals surface area contributed by atoms with Gasteiger partial charge >= 0.3 is 0 Å². The van der Waals surface area contributed by atoms with E-state index in [-0.39, 0.29) is 5.91 Å². The molecule has 5 nitrogen and oxygen atoms in total. The number of aryl methyl sites for hydroxylation is 5. The normalized spacial score (nSPS) is 11.2. The monoisotopic (exact) mass is 432 g/mol. The minimum Gasteiger partial charge on any atom is -0.337 e. The van der Waals surface area contributed by atoms with Crippen molar-refractivity contribution in [1.29, 1.82) is 0 Å². The second kappa shape index (κ2) is 9.02. The van der Waals surface area contributed by atoms with E-state index in [9.17, 15) is 4.79 Å². The quantitative estimate of drug-likeness (QED) is 0.393. The Hall–Kier alpha value is -2.99. The van der Waals surface area contributed by atoms with Crippen molar-refractivity contribution in [3.8, 4) is 0 Å². The maximum atomic E-state index is 13.4. The van der Waals surface area contributed by atoms with Gasteiger partial charge in [-0.3, -0.25) is 9.69 Å². The summed E-state index contributed by atoms with van der Waals surface area (Å²) in [4.78, 5) is 24.3. The smallest absolute Gasteiger partial charge is 0.233 e. The van der Waals surface area contributed by atoms with Gasteiger partial charge in [0.2, 0.25) is 5.91 Å². The lowest BCUT2D eigenvalue weighted by molar-refractivity contribution is -0.118. The van der Waals surface area contributed by atoms with E-state index in [2.05, 4.69) is 63.0 Å². The molecule has 0 aliphatic carbocycles. The Kier molecular flexibility index (Phi) is 6.18. The lowest BCUT2D eigenvalue weighted by Gasteiger charge is -2.20. The number of thiazole rings is 1. The summed E-state index contributed by atoms with van der Waals surface area (Å²) in [6.45, 7) is 9.77. The predicted molar refractivity (Wildman–Crippen MR) is 128 cm³/mol. The van der Waals surface area contributed by atoms with E-state index >= 15 is 0 Å². The van der Waals surface area contributed by atoms with Crippen molar-refractivity contribution in [3.05, 3.63) is 76.9 Å². The molecule has 0 aliphatic heterocycles. The van der Waals surface area contributed by atoms with Crippen LogP contribution in [0.1, 0.15) is 34.2 Å². The molecule has 0 aliphatic rings. The Morgan fingerprint density at radius 3 is 2.61 bits per heavy atom. The van der Waals surface area contributed by atoms with Crippen LogP contribution in [0.3, 0.4) is 0 Å². The van der Waals surface area contributed by atoms with Crippen LogP contribution in [0.15, 0.2) is 49.1 Å². The molecule has 1 amide bonds. The number of carbonyl (C=O) groups is 1. The SMILES string of the molecule is Cc1ccc(CC(=O)N(CCCn2ccnc2)c2nc3c(C)cc(C)cc3s2)c(C)c1. The highest BCUT2D eigenvalue weighted by Gasteiger charge is 2.21. The summed E-state index contributed by atoms with van der Waals surface area (Å²) in [6.07, 6.45) is 6.76. The third-order valence-corrected chi connectivity index (χ3v) is 6.57. The standard InChI is InChI=1S/C25H28N4OS/c1-17-6-7-21(19(3)12-17)15-23(30)29(10-5-9-28-11-8-26-16-28)25-27-24-20(4)13-18(2)14-22(24)31-25/h6-8,11-14,16H,5,9-10,15H2,1-4H3. The lowest BCUT2D eigenvalue weighted by Crippen LogP contribution is -2.33. The molecule has 0 spiro atoms. The van der Waals surface area contributed by atoms with Gasteiger partial charge in [-0.2, -0.15) is 0 Å². The molecular formula is C25H28N4OS. The molecule has 0 radical (unpaired) electrons. The molecule has 2 aromatic carbocycles. The third-order valence-electron chi connectivity index (χ3n) is 5.55. The molecule has 6 heteroatoms. The summed E-state index contributed by atoms with van der Waals surface area (Å²) in [5.41, 5.74) is 6.80. The number of rotatable bonds is 7. The maximum absolute atomic E-state index is 13.4. The van der Waals surface area contributed by atoms with Gasteiger partial charge in [-0.25, -0.2) is 9.97 Å². The zero-order chi connectivity index (χ0) is 22.0. The van der Waals surface area contributed by atoms with Crippen molar-refractivity contribution < 1.29 is 4.79 Å². The van der Waals surface area contributed by atoms with E-state index in [1.807, 2.05) is 22.0 Å². The number of carbonyl (C=O) groups excluding carboxylic acids is 1. The Morgan fingerprint density at radius 1 is 1.06 bits per heavy atom. The molecular weight excluding hydrogens is 404 g/mol. The molecule has 2 aromatic heterocycles. The number of aromatic nitrogens is 3. The average molecular weight is 433 g/mol. The summed E-state index contributed by atoms with van der Waals surface area (Å²) in [5, 5.41) is 0.782. The fourth-order valence-electron chi connectivity index (χ4n) is 3.93. The van der Waals surface area contributed by atoms with E-state index < -0.39 is 0 Å². The Morgan fingerprint density at radius 2 is 1.87 bits per heavy atom. The molecule has 0 bridgehead atoms. The number of nitrogens with zero attached hydrogens (tertiary/aromatic N) is 4. The topological polar surface area (TPSA) is 51.0 Å². The first kappa shape index (κ1) is 21.2. The highest BCUT2D eigenvalue weighted by atomic mass is 32.1. The Bertz CT molecular complexity index is 1210. The zero-order valence-electron chi connectivity index (χ0n) is 18.6. The number of benzene rings is 2. The van der Waals surface area contributed by atoms with Crippen molar-refractivity contribution >= 4 is 32.6 Å². The third kappa shape index (κ3) is 4.85. The van der Waals surface area contributed by atoms with Gasteiger partial charge in [0.15, 0.2) is 5.13 Å². The van der Waals surface area contributed by atoms with Gasteiger partial charge in [-0.15, -0.1) is 0 Å². The Labute approximate surface area is 187 Å². The molecule has 0 fully saturated rings. The van der Waals surface area contributed by atoms with Gasteiger partial charge in [0, 0.05) is 25.5 Å². The van der Waals surface area contributed by atoms with Gasteiger partial charge < -0.3 is 4.57 Å². The van der Waals surface area contributed by atoms with Crippen molar-refractivity contribution in [2.45, 2.75) is 47.1 Å². The van der Waals surface area contributed by atoms with Crippen molar-refractivity contribution in [2.75, 3.05) is 11.4 Å².